The number of alkyl halides is 9. The Labute approximate surface area is 316 Å². The Morgan fingerprint density at radius 2 is 1.70 bits per heavy atom. The molecule has 2 aromatic carbocycles. The SMILES string of the molecule is C#Cc1c(F)ccc2cc(O)cc(-c3nc4c5c(nc(OCC67CCCN6CC(OC(C(F)(F)F)(C(F)(F)F)C(F)(F)F)C7)nc5c3F)N3CCNC[C@H]3CC4)c12. The van der Waals surface area contributed by atoms with Gasteiger partial charge in [0.2, 0.25) is 0 Å². The van der Waals surface area contributed by atoms with E-state index in [1.54, 1.807) is 0 Å². The maximum Gasteiger partial charge on any atom is 0.435 e. The van der Waals surface area contributed by atoms with Crippen LogP contribution < -0.4 is 15.0 Å². The number of benzene rings is 2. The molecule has 8 rings (SSSR count). The summed E-state index contributed by atoms with van der Waals surface area (Å²) in [5, 5.41) is 14.5. The molecule has 0 radical (unpaired) electrons. The van der Waals surface area contributed by atoms with Crippen LogP contribution in [0.3, 0.4) is 0 Å². The van der Waals surface area contributed by atoms with Gasteiger partial charge in [-0.3, -0.25) is 4.90 Å². The summed E-state index contributed by atoms with van der Waals surface area (Å²) in [6, 6.07) is 4.38. The first kappa shape index (κ1) is 39.1. The van der Waals surface area contributed by atoms with Gasteiger partial charge in [0, 0.05) is 43.2 Å². The quantitative estimate of drug-likeness (QED) is 0.158. The molecular formula is C37H31F11N6O3. The summed E-state index contributed by atoms with van der Waals surface area (Å²) in [6.07, 6.45) is -16.5. The highest BCUT2D eigenvalue weighted by Gasteiger charge is 2.86. The Balaban J connectivity index is 1.21. The molecule has 304 valence electrons. The Kier molecular flexibility index (Phi) is 9.20. The largest absolute Gasteiger partial charge is 0.508 e. The van der Waals surface area contributed by atoms with E-state index in [-0.39, 0.29) is 63.7 Å². The molecule has 4 aliphatic heterocycles. The second kappa shape index (κ2) is 13.4. The van der Waals surface area contributed by atoms with Crippen LogP contribution in [0.4, 0.5) is 54.1 Å². The molecule has 57 heavy (non-hydrogen) atoms. The number of aryl methyl sites for hydroxylation is 1. The number of hydrogen-bond donors (Lipinski definition) is 2. The molecule has 2 N–H and O–H groups in total. The van der Waals surface area contributed by atoms with Crippen molar-refractivity contribution in [2.45, 2.75) is 73.9 Å². The summed E-state index contributed by atoms with van der Waals surface area (Å²) in [6.45, 7) is 0.363. The van der Waals surface area contributed by atoms with E-state index >= 15 is 4.39 Å². The van der Waals surface area contributed by atoms with Gasteiger partial charge < -0.3 is 24.8 Å². The van der Waals surface area contributed by atoms with Crippen molar-refractivity contribution in [2.24, 2.45) is 0 Å². The summed E-state index contributed by atoms with van der Waals surface area (Å²) in [5.74, 6) is 0.421. The van der Waals surface area contributed by atoms with Crippen molar-refractivity contribution in [3.8, 4) is 35.4 Å². The number of fused-ring (bicyclic) bond motifs is 4. The fourth-order valence-electron chi connectivity index (χ4n) is 8.87. The number of phenols is 1. The molecule has 0 spiro atoms. The van der Waals surface area contributed by atoms with Crippen LogP contribution in [0.1, 0.15) is 36.9 Å². The summed E-state index contributed by atoms with van der Waals surface area (Å²) in [4.78, 5) is 17.0. The third-order valence-corrected chi connectivity index (χ3v) is 11.4. The predicted octanol–water partition coefficient (Wildman–Crippen LogP) is 6.96. The minimum absolute atomic E-state index is 0.0375. The van der Waals surface area contributed by atoms with Crippen LogP contribution in [0, 0.1) is 24.0 Å². The lowest BCUT2D eigenvalue weighted by atomic mass is 9.93. The number of hydrogen-bond acceptors (Lipinski definition) is 9. The van der Waals surface area contributed by atoms with Crippen molar-refractivity contribution in [3.05, 3.63) is 47.2 Å². The first-order valence-corrected chi connectivity index (χ1v) is 17.8. The van der Waals surface area contributed by atoms with E-state index in [0.29, 0.717) is 50.0 Å². The second-order valence-electron chi connectivity index (χ2n) is 14.7. The van der Waals surface area contributed by atoms with Gasteiger partial charge in [0.05, 0.1) is 28.3 Å². The third kappa shape index (κ3) is 6.15. The first-order chi connectivity index (χ1) is 26.8. The maximum absolute atomic E-state index is 17.1. The number of nitrogens with zero attached hydrogens (tertiary/aromatic N) is 5. The average Bonchev–Trinajstić information content (AvgIpc) is 3.62. The Hall–Kier alpha value is -4.74. The van der Waals surface area contributed by atoms with E-state index in [4.69, 9.17) is 11.2 Å². The number of aromatic hydroxyl groups is 1. The minimum atomic E-state index is -6.89. The highest BCUT2D eigenvalue weighted by atomic mass is 19.4. The number of terminal acetylenes is 1. The fourth-order valence-corrected chi connectivity index (χ4v) is 8.87. The zero-order valence-electron chi connectivity index (χ0n) is 29.5. The van der Waals surface area contributed by atoms with Gasteiger partial charge in [-0.05, 0) is 62.2 Å². The Morgan fingerprint density at radius 1 is 0.965 bits per heavy atom. The second-order valence-corrected chi connectivity index (χ2v) is 14.7. The van der Waals surface area contributed by atoms with Gasteiger partial charge in [-0.15, -0.1) is 6.42 Å². The zero-order valence-corrected chi connectivity index (χ0v) is 29.5. The standard InChI is InChI=1S/C37H31F11N6O3/c1-2-22-24(38)6-4-18-12-20(55)13-23(26(18)22)29-28(39)30-27-25(50-29)7-5-19-15-49-9-11-54(19)31(27)52-32(51-30)56-17-33-8-3-10-53(33)16-21(14-33)57-34(35(40,41)42,36(43,44)45)37(46,47)48/h1,4,6,12-13,19,21,49,55H,3,5,7-11,14-17H2/t19-,21?,33?/m1/s1. The molecule has 3 atom stereocenters. The highest BCUT2D eigenvalue weighted by Crippen LogP contribution is 2.57. The number of phenolic OH excluding ortho intramolecular Hbond substituents is 1. The molecule has 9 nitrogen and oxygen atoms in total. The molecule has 3 fully saturated rings. The number of anilines is 1. The molecule has 2 unspecified atom stereocenters. The van der Waals surface area contributed by atoms with Gasteiger partial charge in [0.1, 0.15) is 35.2 Å². The molecule has 2 aromatic heterocycles. The van der Waals surface area contributed by atoms with Crippen LogP contribution in [-0.4, -0.2) is 106 Å². The average molecular weight is 817 g/mol. The normalized spacial score (nSPS) is 23.1. The fraction of sp³-hybridized carbons (Fsp3) is 0.486. The molecule has 4 aromatic rings. The van der Waals surface area contributed by atoms with Crippen LogP contribution in [0.15, 0.2) is 24.3 Å². The van der Waals surface area contributed by atoms with Crippen molar-refractivity contribution in [2.75, 3.05) is 44.2 Å². The van der Waals surface area contributed by atoms with Gasteiger partial charge in [-0.25, -0.2) is 13.8 Å². The topological polar surface area (TPSA) is 95.9 Å². The van der Waals surface area contributed by atoms with Crippen LogP contribution in [0.2, 0.25) is 0 Å². The lowest BCUT2D eigenvalue weighted by Crippen LogP contribution is -2.68. The summed E-state index contributed by atoms with van der Waals surface area (Å²) < 4.78 is 166. The molecule has 0 amide bonds. The molecule has 4 aliphatic rings. The molecule has 0 bridgehead atoms. The molecule has 0 aliphatic carbocycles. The zero-order chi connectivity index (χ0) is 40.9. The van der Waals surface area contributed by atoms with E-state index in [9.17, 15) is 49.0 Å². The van der Waals surface area contributed by atoms with E-state index in [1.165, 1.54) is 23.1 Å². The summed E-state index contributed by atoms with van der Waals surface area (Å²) in [5.41, 5.74) is -8.31. The Bertz CT molecular complexity index is 2270. The van der Waals surface area contributed by atoms with Crippen LogP contribution in [0.25, 0.3) is 32.9 Å². The predicted molar refractivity (Wildman–Crippen MR) is 182 cm³/mol. The molecular weight excluding hydrogens is 785 g/mol. The maximum atomic E-state index is 17.1. The number of aromatic nitrogens is 3. The number of pyridine rings is 1. The van der Waals surface area contributed by atoms with Crippen molar-refractivity contribution in [1.82, 2.24) is 25.2 Å². The number of halogens is 11. The monoisotopic (exact) mass is 816 g/mol. The van der Waals surface area contributed by atoms with E-state index in [0.717, 1.165) is 6.07 Å². The molecule has 20 heteroatoms. The summed E-state index contributed by atoms with van der Waals surface area (Å²) in [7, 11) is 0. The van der Waals surface area contributed by atoms with E-state index in [2.05, 4.69) is 30.9 Å². The van der Waals surface area contributed by atoms with Crippen LogP contribution >= 0.6 is 0 Å². The van der Waals surface area contributed by atoms with Crippen molar-refractivity contribution in [1.29, 1.82) is 0 Å². The van der Waals surface area contributed by atoms with Crippen LogP contribution in [0.5, 0.6) is 11.8 Å². The summed E-state index contributed by atoms with van der Waals surface area (Å²) >= 11 is 0. The highest BCUT2D eigenvalue weighted by molar-refractivity contribution is 6.03. The molecule has 6 heterocycles. The van der Waals surface area contributed by atoms with E-state index < -0.39 is 73.0 Å². The van der Waals surface area contributed by atoms with Gasteiger partial charge in [-0.1, -0.05) is 12.0 Å². The molecule has 0 saturated carbocycles. The van der Waals surface area contributed by atoms with Crippen molar-refractivity contribution >= 4 is 27.5 Å². The van der Waals surface area contributed by atoms with Crippen LogP contribution in [-0.2, 0) is 11.2 Å². The smallest absolute Gasteiger partial charge is 0.435 e. The van der Waals surface area contributed by atoms with E-state index in [1.807, 2.05) is 4.90 Å². The molecule has 3 saturated heterocycles. The number of rotatable bonds is 6. The lowest BCUT2D eigenvalue weighted by molar-refractivity contribution is -0.463. The first-order valence-electron chi connectivity index (χ1n) is 17.8. The minimum Gasteiger partial charge on any atom is -0.508 e. The van der Waals surface area contributed by atoms with Gasteiger partial charge in [0.15, 0.2) is 5.82 Å². The third-order valence-electron chi connectivity index (χ3n) is 11.4. The van der Waals surface area contributed by atoms with Gasteiger partial charge in [-0.2, -0.15) is 49.5 Å². The van der Waals surface area contributed by atoms with Gasteiger partial charge in [0.25, 0.3) is 0 Å². The lowest BCUT2D eigenvalue weighted by Gasteiger charge is -2.40. The van der Waals surface area contributed by atoms with Crippen molar-refractivity contribution < 1.29 is 62.9 Å². The number of nitrogens with one attached hydrogen (secondary N) is 1. The van der Waals surface area contributed by atoms with Gasteiger partial charge >= 0.3 is 30.1 Å². The number of ether oxygens (including phenoxy) is 2. The van der Waals surface area contributed by atoms with Crippen molar-refractivity contribution in [3.63, 3.8) is 0 Å². The number of piperazine rings is 1. The Morgan fingerprint density at radius 3 is 2.40 bits per heavy atom.